The number of nitrogens with two attached hydrogens (primary N) is 1. The van der Waals surface area contributed by atoms with E-state index in [0.717, 1.165) is 30.4 Å². The fourth-order valence-corrected chi connectivity index (χ4v) is 4.93. The third-order valence-electron chi connectivity index (χ3n) is 5.50. The summed E-state index contributed by atoms with van der Waals surface area (Å²) in [5.74, 6) is 3.02. The second-order valence-electron chi connectivity index (χ2n) is 6.92. The minimum Gasteiger partial charge on any atom is -0.481 e. The van der Waals surface area contributed by atoms with Crippen LogP contribution in [0.4, 0.5) is 0 Å². The molecule has 3 aliphatic carbocycles. The molecule has 3 aliphatic rings. The van der Waals surface area contributed by atoms with Gasteiger partial charge in [0.15, 0.2) is 5.17 Å². The molecule has 0 heterocycles. The van der Waals surface area contributed by atoms with Crippen molar-refractivity contribution < 1.29 is 9.90 Å². The summed E-state index contributed by atoms with van der Waals surface area (Å²) in [4.78, 5) is 10.8. The van der Waals surface area contributed by atoms with Gasteiger partial charge in [-0.05, 0) is 48.5 Å². The van der Waals surface area contributed by atoms with E-state index in [0.29, 0.717) is 11.8 Å². The molecule has 4 nitrogen and oxygen atoms in total. The largest absolute Gasteiger partial charge is 0.481 e. The Kier molecular flexibility index (Phi) is 5.29. The molecular formula is C19H24N2O2S. The van der Waals surface area contributed by atoms with Gasteiger partial charge in [0.25, 0.3) is 0 Å². The Morgan fingerprint density at radius 1 is 1.12 bits per heavy atom. The molecule has 0 spiro atoms. The van der Waals surface area contributed by atoms with Crippen molar-refractivity contribution in [1.29, 1.82) is 5.41 Å². The highest BCUT2D eigenvalue weighted by atomic mass is 32.2. The number of benzene rings is 1. The molecule has 0 saturated heterocycles. The highest BCUT2D eigenvalue weighted by molar-refractivity contribution is 8.13. The van der Waals surface area contributed by atoms with Gasteiger partial charge in [-0.2, -0.15) is 0 Å². The molecule has 0 amide bonds. The summed E-state index contributed by atoms with van der Waals surface area (Å²) in [6.45, 7) is 0. The van der Waals surface area contributed by atoms with Gasteiger partial charge in [-0.1, -0.05) is 54.2 Å². The fourth-order valence-electron chi connectivity index (χ4n) is 4.42. The number of hydrogen-bond acceptors (Lipinski definition) is 3. The second kappa shape index (κ2) is 7.43. The number of fused-ring (bicyclic) bond motifs is 5. The van der Waals surface area contributed by atoms with Crippen molar-refractivity contribution in [2.45, 2.75) is 25.0 Å². The fraction of sp³-hybridized carbons (Fsp3) is 0.474. The van der Waals surface area contributed by atoms with Gasteiger partial charge >= 0.3 is 5.97 Å². The van der Waals surface area contributed by atoms with Gasteiger partial charge < -0.3 is 10.8 Å². The van der Waals surface area contributed by atoms with Crippen molar-refractivity contribution in [2.24, 2.45) is 35.3 Å². The third-order valence-corrected chi connectivity index (χ3v) is 6.29. The number of amidine groups is 1. The Morgan fingerprint density at radius 3 is 2.21 bits per heavy atom. The van der Waals surface area contributed by atoms with Crippen molar-refractivity contribution in [2.75, 3.05) is 0 Å². The first-order valence-corrected chi connectivity index (χ1v) is 9.45. The van der Waals surface area contributed by atoms with Crippen molar-refractivity contribution >= 4 is 22.9 Å². The van der Waals surface area contributed by atoms with E-state index in [1.807, 2.05) is 30.3 Å². The molecule has 0 aliphatic heterocycles. The average molecular weight is 344 g/mol. The quantitative estimate of drug-likeness (QED) is 0.443. The Hall–Kier alpha value is -1.75. The lowest BCUT2D eigenvalue weighted by Crippen LogP contribution is -2.12. The van der Waals surface area contributed by atoms with E-state index in [2.05, 4.69) is 12.2 Å². The maximum Gasteiger partial charge on any atom is 0.306 e. The second-order valence-corrected chi connectivity index (χ2v) is 7.94. The van der Waals surface area contributed by atoms with Crippen LogP contribution in [0.2, 0.25) is 0 Å². The molecule has 0 radical (unpaired) electrons. The zero-order valence-corrected chi connectivity index (χ0v) is 14.4. The van der Waals surface area contributed by atoms with Gasteiger partial charge in [-0.25, -0.2) is 0 Å². The lowest BCUT2D eigenvalue weighted by Gasteiger charge is -2.18. The molecule has 24 heavy (non-hydrogen) atoms. The average Bonchev–Trinajstić information content (AvgIpc) is 3.27. The SMILES string of the molecule is N=C(N)SCc1ccccc1.O=C(O)C1CC2C3C=CC(C3)C2C1. The highest BCUT2D eigenvalue weighted by Crippen LogP contribution is 2.56. The van der Waals surface area contributed by atoms with E-state index in [9.17, 15) is 4.79 Å². The molecule has 4 rings (SSSR count). The maximum absolute atomic E-state index is 10.8. The van der Waals surface area contributed by atoms with Crippen LogP contribution in [0.25, 0.3) is 0 Å². The molecule has 4 atom stereocenters. The van der Waals surface area contributed by atoms with Gasteiger partial charge in [0.05, 0.1) is 5.92 Å². The number of aliphatic carboxylic acids is 1. The first-order valence-electron chi connectivity index (χ1n) is 8.46. The van der Waals surface area contributed by atoms with Crippen LogP contribution in [-0.4, -0.2) is 16.2 Å². The van der Waals surface area contributed by atoms with E-state index in [-0.39, 0.29) is 11.1 Å². The van der Waals surface area contributed by atoms with Crippen LogP contribution >= 0.6 is 11.8 Å². The molecule has 1 aromatic carbocycles. The summed E-state index contributed by atoms with van der Waals surface area (Å²) < 4.78 is 0. The number of carboxylic acid groups (broad SMARTS) is 1. The smallest absolute Gasteiger partial charge is 0.306 e. The predicted molar refractivity (Wildman–Crippen MR) is 97.7 cm³/mol. The molecule has 2 bridgehead atoms. The standard InChI is InChI=1S/C11H14O2.C8H10N2S/c12-11(13)8-4-9-6-1-2-7(3-6)10(9)5-8;9-8(10)11-6-7-4-2-1-3-5-7/h1-2,6-10H,3-5H2,(H,12,13);1-5H,6H2,(H3,9,10). The van der Waals surface area contributed by atoms with E-state index in [1.54, 1.807) is 0 Å². The van der Waals surface area contributed by atoms with Crippen LogP contribution < -0.4 is 5.73 Å². The summed E-state index contributed by atoms with van der Waals surface area (Å²) in [6, 6.07) is 9.99. The van der Waals surface area contributed by atoms with Gasteiger partial charge in [0, 0.05) is 5.75 Å². The number of carbonyl (C=O) groups is 1. The number of rotatable bonds is 3. The Bertz CT molecular complexity index is 612. The monoisotopic (exact) mass is 344 g/mol. The van der Waals surface area contributed by atoms with Crippen molar-refractivity contribution in [3.8, 4) is 0 Å². The molecule has 1 aromatic rings. The topological polar surface area (TPSA) is 87.2 Å². The Morgan fingerprint density at radius 2 is 1.71 bits per heavy atom. The van der Waals surface area contributed by atoms with Crippen molar-refractivity contribution in [3.63, 3.8) is 0 Å². The number of thioether (sulfide) groups is 1. The Labute approximate surface area is 147 Å². The molecule has 5 heteroatoms. The zero-order valence-electron chi connectivity index (χ0n) is 13.6. The summed E-state index contributed by atoms with van der Waals surface area (Å²) in [5, 5.41) is 16.1. The Balaban J connectivity index is 0.000000144. The summed E-state index contributed by atoms with van der Waals surface area (Å²) in [6.07, 6.45) is 7.81. The lowest BCUT2D eigenvalue weighted by atomic mass is 9.86. The summed E-state index contributed by atoms with van der Waals surface area (Å²) >= 11 is 1.35. The van der Waals surface area contributed by atoms with Crippen LogP contribution in [0, 0.1) is 35.0 Å². The molecule has 4 N–H and O–H groups in total. The molecule has 4 unspecified atom stereocenters. The van der Waals surface area contributed by atoms with Crippen molar-refractivity contribution in [3.05, 3.63) is 48.0 Å². The minimum atomic E-state index is -0.575. The summed E-state index contributed by atoms with van der Waals surface area (Å²) in [7, 11) is 0. The van der Waals surface area contributed by atoms with Gasteiger partial charge in [0.1, 0.15) is 0 Å². The number of hydrogen-bond donors (Lipinski definition) is 3. The maximum atomic E-state index is 10.8. The highest BCUT2D eigenvalue weighted by Gasteiger charge is 2.50. The van der Waals surface area contributed by atoms with Crippen LogP contribution in [-0.2, 0) is 10.5 Å². The van der Waals surface area contributed by atoms with E-state index < -0.39 is 5.97 Å². The molecule has 128 valence electrons. The van der Waals surface area contributed by atoms with Crippen LogP contribution in [0.5, 0.6) is 0 Å². The third kappa shape index (κ3) is 3.83. The van der Waals surface area contributed by atoms with Gasteiger partial charge in [0.2, 0.25) is 0 Å². The van der Waals surface area contributed by atoms with Gasteiger partial charge in [-0.15, -0.1) is 0 Å². The first-order chi connectivity index (χ1) is 11.5. The first kappa shape index (κ1) is 17.1. The molecular weight excluding hydrogens is 320 g/mol. The van der Waals surface area contributed by atoms with E-state index >= 15 is 0 Å². The molecule has 2 fully saturated rings. The van der Waals surface area contributed by atoms with Crippen molar-refractivity contribution in [1.82, 2.24) is 0 Å². The summed E-state index contributed by atoms with van der Waals surface area (Å²) in [5.41, 5.74) is 6.39. The van der Waals surface area contributed by atoms with E-state index in [4.69, 9.17) is 16.2 Å². The lowest BCUT2D eigenvalue weighted by molar-refractivity contribution is -0.141. The van der Waals surface area contributed by atoms with Gasteiger partial charge in [-0.3, -0.25) is 10.2 Å². The van der Waals surface area contributed by atoms with E-state index in [1.165, 1.54) is 23.7 Å². The minimum absolute atomic E-state index is 0.0415. The van der Waals surface area contributed by atoms with Crippen LogP contribution in [0.1, 0.15) is 24.8 Å². The predicted octanol–water partition coefficient (Wildman–Crippen LogP) is 3.73. The zero-order chi connectivity index (χ0) is 17.1. The molecule has 2 saturated carbocycles. The van der Waals surface area contributed by atoms with Crippen LogP contribution in [0.15, 0.2) is 42.5 Å². The normalized spacial score (nSPS) is 32.1. The molecule has 0 aromatic heterocycles. The number of allylic oxidation sites excluding steroid dienone is 2. The van der Waals surface area contributed by atoms with Crippen LogP contribution in [0.3, 0.4) is 0 Å². The number of carboxylic acids is 1. The number of nitrogens with one attached hydrogen (secondary N) is 1.